The van der Waals surface area contributed by atoms with Crippen molar-refractivity contribution in [3.8, 4) is 11.5 Å². The van der Waals surface area contributed by atoms with E-state index in [1.807, 2.05) is 24.3 Å². The molecule has 0 aliphatic heterocycles. The van der Waals surface area contributed by atoms with Gasteiger partial charge in [0.1, 0.15) is 11.5 Å². The molecule has 2 rings (SSSR count). The lowest BCUT2D eigenvalue weighted by atomic mass is 10.3. The third-order valence-electron chi connectivity index (χ3n) is 4.58. The molecule has 0 aliphatic carbocycles. The van der Waals surface area contributed by atoms with Crippen LogP contribution >= 0.6 is 0 Å². The summed E-state index contributed by atoms with van der Waals surface area (Å²) in [5.74, 6) is 0.507. The zero-order chi connectivity index (χ0) is 22.1. The lowest BCUT2D eigenvalue weighted by Gasteiger charge is -2.41. The minimum Gasteiger partial charge on any atom is -0.508 e. The topological polar surface area (TPSA) is 68.2 Å². The molecule has 0 spiro atoms. The number of hydrogen-bond donors (Lipinski definition) is 2. The fourth-order valence-corrected chi connectivity index (χ4v) is 22.3. The van der Waals surface area contributed by atoms with E-state index < -0.39 is 33.8 Å². The lowest BCUT2D eigenvalue weighted by Crippen LogP contribution is -2.60. The van der Waals surface area contributed by atoms with Gasteiger partial charge in [0.25, 0.3) is 0 Å². The summed E-state index contributed by atoms with van der Waals surface area (Å²) in [6.45, 7) is 16.7. The molecule has 0 radical (unpaired) electrons. The first-order valence-corrected chi connectivity index (χ1v) is 21.3. The van der Waals surface area contributed by atoms with E-state index in [0.29, 0.717) is 0 Å². The van der Waals surface area contributed by atoms with Crippen molar-refractivity contribution in [1.82, 2.24) is 0 Å². The molecule has 9 heteroatoms. The van der Waals surface area contributed by atoms with E-state index in [-0.39, 0.29) is 11.5 Å². The second kappa shape index (κ2) is 8.50. The maximum Gasteiger partial charge on any atom is 0.312 e. The van der Waals surface area contributed by atoms with E-state index in [9.17, 15) is 10.2 Å². The lowest BCUT2D eigenvalue weighted by molar-refractivity contribution is 0.333. The van der Waals surface area contributed by atoms with Gasteiger partial charge in [0.15, 0.2) is 0 Å². The average Bonchev–Trinajstić information content (AvgIpc) is 2.51. The van der Waals surface area contributed by atoms with Crippen molar-refractivity contribution in [2.24, 2.45) is 0 Å². The number of benzene rings is 2. The second-order valence-corrected chi connectivity index (χ2v) is 24.5. The van der Waals surface area contributed by atoms with Gasteiger partial charge in [-0.2, -0.15) is 0 Å². The second-order valence-electron chi connectivity index (χ2n) is 9.23. The number of phenols is 2. The average molecular weight is 467 g/mol. The van der Waals surface area contributed by atoms with Gasteiger partial charge in [-0.15, -0.1) is 0 Å². The largest absolute Gasteiger partial charge is 0.508 e. The van der Waals surface area contributed by atoms with E-state index in [1.165, 1.54) is 0 Å². The van der Waals surface area contributed by atoms with Crippen LogP contribution in [0.5, 0.6) is 11.5 Å². The number of hydrogen-bond acceptors (Lipinski definition) is 5. The molecular formula is C20H34O5Si4. The van der Waals surface area contributed by atoms with Crippen molar-refractivity contribution in [3.05, 3.63) is 48.5 Å². The third kappa shape index (κ3) is 6.91. The van der Waals surface area contributed by atoms with Crippen LogP contribution < -0.4 is 10.4 Å². The molecule has 0 amide bonds. The Kier molecular flexibility index (Phi) is 7.05. The monoisotopic (exact) mass is 466 g/mol. The highest BCUT2D eigenvalue weighted by Gasteiger charge is 2.44. The molecule has 2 aromatic carbocycles. The Labute approximate surface area is 179 Å². The van der Waals surface area contributed by atoms with Crippen LogP contribution in [0.2, 0.25) is 52.4 Å². The molecular weight excluding hydrogens is 433 g/mol. The van der Waals surface area contributed by atoms with Gasteiger partial charge < -0.3 is 22.6 Å². The first-order chi connectivity index (χ1) is 13.1. The van der Waals surface area contributed by atoms with Crippen LogP contribution in [0.4, 0.5) is 0 Å². The molecule has 5 nitrogen and oxygen atoms in total. The van der Waals surface area contributed by atoms with Crippen molar-refractivity contribution in [3.63, 3.8) is 0 Å². The molecule has 2 N–H and O–H groups in total. The Morgan fingerprint density at radius 1 is 0.552 bits per heavy atom. The van der Waals surface area contributed by atoms with Crippen LogP contribution in [0.3, 0.4) is 0 Å². The van der Waals surface area contributed by atoms with E-state index in [0.717, 1.165) is 10.4 Å². The van der Waals surface area contributed by atoms with Crippen molar-refractivity contribution in [1.29, 1.82) is 0 Å². The van der Waals surface area contributed by atoms with Gasteiger partial charge in [-0.05, 0) is 87.0 Å². The van der Waals surface area contributed by atoms with Gasteiger partial charge >= 0.3 is 17.1 Å². The van der Waals surface area contributed by atoms with Crippen molar-refractivity contribution in [2.75, 3.05) is 0 Å². The van der Waals surface area contributed by atoms with E-state index in [2.05, 4.69) is 52.4 Å². The minimum atomic E-state index is -2.50. The summed E-state index contributed by atoms with van der Waals surface area (Å²) in [5, 5.41) is 21.8. The Bertz CT molecular complexity index is 783. The summed E-state index contributed by atoms with van der Waals surface area (Å²) in [4.78, 5) is 0. The summed E-state index contributed by atoms with van der Waals surface area (Å²) in [7, 11) is -9.50. The number of phenolic OH excluding ortho intramolecular Hbond substituents is 2. The van der Waals surface area contributed by atoms with Gasteiger partial charge in [-0.1, -0.05) is 24.3 Å². The van der Waals surface area contributed by atoms with Crippen LogP contribution in [0.1, 0.15) is 0 Å². The SMILES string of the molecule is C[Si](C)(O[Si](C)(C)O[Si](C)(C)c1cccc(O)c1)O[Si](C)(C)c1cccc(O)c1. The molecule has 29 heavy (non-hydrogen) atoms. The van der Waals surface area contributed by atoms with Gasteiger partial charge in [0.05, 0.1) is 0 Å². The van der Waals surface area contributed by atoms with Gasteiger partial charge in [0.2, 0.25) is 16.6 Å². The van der Waals surface area contributed by atoms with Crippen LogP contribution in [-0.4, -0.2) is 44.0 Å². The Hall–Kier alpha value is -1.21. The molecule has 2 aromatic rings. The molecule has 0 unspecified atom stereocenters. The van der Waals surface area contributed by atoms with Gasteiger partial charge in [-0.3, -0.25) is 0 Å². The van der Waals surface area contributed by atoms with Crippen molar-refractivity contribution >= 4 is 44.1 Å². The summed E-state index contributed by atoms with van der Waals surface area (Å²) in [6, 6.07) is 14.6. The Morgan fingerprint density at radius 3 is 1.21 bits per heavy atom. The van der Waals surface area contributed by atoms with Gasteiger partial charge in [-0.25, -0.2) is 0 Å². The summed E-state index contributed by atoms with van der Waals surface area (Å²) < 4.78 is 19.8. The van der Waals surface area contributed by atoms with Gasteiger partial charge in [0, 0.05) is 0 Å². The maximum absolute atomic E-state index is 9.84. The van der Waals surface area contributed by atoms with E-state index in [4.69, 9.17) is 12.3 Å². The zero-order valence-corrected chi connectivity index (χ0v) is 22.7. The highest BCUT2D eigenvalue weighted by molar-refractivity contribution is 6.95. The quantitative estimate of drug-likeness (QED) is 0.574. The highest BCUT2D eigenvalue weighted by atomic mass is 28.5. The smallest absolute Gasteiger partial charge is 0.312 e. The number of rotatable bonds is 8. The molecule has 0 fully saturated rings. The maximum atomic E-state index is 9.84. The predicted octanol–water partition coefficient (Wildman–Crippen LogP) is 4.08. The number of aromatic hydroxyl groups is 2. The van der Waals surface area contributed by atoms with Crippen molar-refractivity contribution in [2.45, 2.75) is 52.4 Å². The predicted molar refractivity (Wildman–Crippen MR) is 129 cm³/mol. The van der Waals surface area contributed by atoms with Crippen molar-refractivity contribution < 1.29 is 22.6 Å². The standard InChI is InChI=1S/C20H34O5Si4/c1-26(2,19-13-9-11-17(21)15-19)23-28(5,6)25-29(7,8)24-27(3,4)20-14-10-12-18(22)16-20/h9-16,21-22H,1-8H3. The zero-order valence-electron chi connectivity index (χ0n) is 18.7. The first-order valence-electron chi connectivity index (χ1n) is 9.81. The molecule has 0 saturated carbocycles. The minimum absolute atomic E-state index is 0.254. The van der Waals surface area contributed by atoms with Crippen LogP contribution in [0, 0.1) is 0 Å². The van der Waals surface area contributed by atoms with Crippen LogP contribution in [-0.2, 0) is 12.3 Å². The highest BCUT2D eigenvalue weighted by Crippen LogP contribution is 2.25. The summed E-state index contributed by atoms with van der Waals surface area (Å²) >= 11 is 0. The fourth-order valence-electron chi connectivity index (χ4n) is 3.74. The molecule has 0 saturated heterocycles. The van der Waals surface area contributed by atoms with Crippen LogP contribution in [0.15, 0.2) is 48.5 Å². The summed E-state index contributed by atoms with van der Waals surface area (Å²) in [5.41, 5.74) is 0. The molecule has 0 bridgehead atoms. The normalized spacial score (nSPS) is 13.5. The van der Waals surface area contributed by atoms with E-state index >= 15 is 0 Å². The molecule has 0 heterocycles. The molecule has 0 aromatic heterocycles. The Morgan fingerprint density at radius 2 is 0.897 bits per heavy atom. The first kappa shape index (κ1) is 24.1. The van der Waals surface area contributed by atoms with Crippen LogP contribution in [0.25, 0.3) is 0 Å². The Balaban J connectivity index is 2.15. The molecule has 0 atom stereocenters. The summed E-state index contributed by atoms with van der Waals surface area (Å²) in [6.07, 6.45) is 0. The molecule has 0 aliphatic rings. The fraction of sp³-hybridized carbons (Fsp3) is 0.400. The van der Waals surface area contributed by atoms with E-state index in [1.54, 1.807) is 24.3 Å². The molecule has 160 valence electrons. The third-order valence-corrected chi connectivity index (χ3v) is 19.9.